The van der Waals surface area contributed by atoms with Crippen LogP contribution >= 0.6 is 0 Å². The highest BCUT2D eigenvalue weighted by Gasteiger charge is 2.25. The molecule has 0 fully saturated rings. The highest BCUT2D eigenvalue weighted by Crippen LogP contribution is 2.02. The summed E-state index contributed by atoms with van der Waals surface area (Å²) in [4.78, 5) is 36.5. The first-order chi connectivity index (χ1) is 5.83. The van der Waals surface area contributed by atoms with Gasteiger partial charge in [-0.05, 0) is 13.3 Å². The number of ether oxygens (including phenoxy) is 1. The van der Waals surface area contributed by atoms with Crippen LogP contribution in [0.3, 0.4) is 0 Å². The zero-order chi connectivity index (χ0) is 10.5. The second-order valence-corrected chi connectivity index (χ2v) is 4.84. The number of hydrogen-bond acceptors (Lipinski definition) is 5. The Balaban J connectivity index is 3.47. The van der Waals surface area contributed by atoms with Crippen molar-refractivity contribution in [1.82, 2.24) is 0 Å². The second kappa shape index (κ2) is 5.13. The molecule has 76 valence electrons. The Morgan fingerprint density at radius 3 is 2.38 bits per heavy atom. The molecule has 0 aromatic rings. The van der Waals surface area contributed by atoms with Crippen molar-refractivity contribution >= 4 is 14.8 Å². The topological polar surface area (TPSA) is 87.0 Å². The average Bonchev–Trinajstić information content (AvgIpc) is 1.95. The highest BCUT2D eigenvalue weighted by molar-refractivity contribution is 6.56. The normalized spacial score (nSPS) is 11.1. The van der Waals surface area contributed by atoms with Gasteiger partial charge in [-0.3, -0.25) is 0 Å². The van der Waals surface area contributed by atoms with Crippen LogP contribution in [0.4, 0.5) is 0 Å². The summed E-state index contributed by atoms with van der Waals surface area (Å²) in [5.74, 6) is -0.513. The van der Waals surface area contributed by atoms with E-state index < -0.39 is 14.8 Å². The van der Waals surface area contributed by atoms with Crippen molar-refractivity contribution in [3.8, 4) is 0 Å². The number of carbonyl (C=O) groups is 1. The average molecular weight is 206 g/mol. The fourth-order valence-electron chi connectivity index (χ4n) is 0.597. The quantitative estimate of drug-likeness (QED) is 0.242. The predicted octanol–water partition coefficient (Wildman–Crippen LogP) is -0.588. The Morgan fingerprint density at radius 2 is 2.00 bits per heavy atom. The van der Waals surface area contributed by atoms with E-state index in [1.54, 1.807) is 0 Å². The lowest BCUT2D eigenvalue weighted by Gasteiger charge is -2.08. The summed E-state index contributed by atoms with van der Waals surface area (Å²) in [6.45, 7) is 4.95. The van der Waals surface area contributed by atoms with Crippen molar-refractivity contribution in [2.75, 3.05) is 6.61 Å². The zero-order valence-electron chi connectivity index (χ0n) is 7.49. The van der Waals surface area contributed by atoms with Gasteiger partial charge >= 0.3 is 14.8 Å². The third-order valence-corrected chi connectivity index (χ3v) is 2.26. The van der Waals surface area contributed by atoms with E-state index in [1.807, 2.05) is 0 Å². The van der Waals surface area contributed by atoms with Crippen molar-refractivity contribution < 1.29 is 23.9 Å². The SMILES string of the molecule is C=C(C)C(=O)OCCC[Si](O)(O)O. The lowest BCUT2D eigenvalue weighted by molar-refractivity contribution is -0.139. The minimum Gasteiger partial charge on any atom is -0.462 e. The van der Waals surface area contributed by atoms with E-state index in [2.05, 4.69) is 11.3 Å². The highest BCUT2D eigenvalue weighted by atomic mass is 28.4. The third-order valence-electron chi connectivity index (χ3n) is 1.24. The number of rotatable bonds is 5. The Hall–Kier alpha value is -0.693. The maximum absolute atomic E-state index is 10.8. The number of carbonyl (C=O) groups excluding carboxylic acids is 1. The lowest BCUT2D eigenvalue weighted by Crippen LogP contribution is -2.34. The van der Waals surface area contributed by atoms with Gasteiger partial charge in [-0.1, -0.05) is 6.58 Å². The molecule has 0 unspecified atom stereocenters. The number of hydrogen-bond donors (Lipinski definition) is 3. The minimum absolute atomic E-state index is 0.0577. The van der Waals surface area contributed by atoms with Crippen molar-refractivity contribution in [1.29, 1.82) is 0 Å². The van der Waals surface area contributed by atoms with E-state index in [1.165, 1.54) is 6.92 Å². The summed E-state index contributed by atoms with van der Waals surface area (Å²) in [5.41, 5.74) is 0.292. The summed E-state index contributed by atoms with van der Waals surface area (Å²) in [6, 6.07) is -0.129. The molecule has 0 rings (SSSR count). The van der Waals surface area contributed by atoms with Gasteiger partial charge in [0.05, 0.1) is 6.61 Å². The van der Waals surface area contributed by atoms with E-state index in [0.717, 1.165) is 0 Å². The molecular formula is C7H14O5Si. The molecule has 0 bridgehead atoms. The third kappa shape index (κ3) is 7.66. The van der Waals surface area contributed by atoms with Crippen molar-refractivity contribution in [2.24, 2.45) is 0 Å². The first kappa shape index (κ1) is 12.3. The van der Waals surface area contributed by atoms with E-state index in [-0.39, 0.29) is 19.1 Å². The molecule has 6 heteroatoms. The molecular weight excluding hydrogens is 192 g/mol. The van der Waals surface area contributed by atoms with Gasteiger partial charge in [-0.2, -0.15) is 0 Å². The monoisotopic (exact) mass is 206 g/mol. The lowest BCUT2D eigenvalue weighted by atomic mass is 10.4. The Labute approximate surface area is 77.6 Å². The maximum atomic E-state index is 10.8. The molecule has 0 aromatic heterocycles. The molecule has 0 saturated carbocycles. The smallest absolute Gasteiger partial charge is 0.462 e. The predicted molar refractivity (Wildman–Crippen MR) is 47.6 cm³/mol. The summed E-state index contributed by atoms with van der Waals surface area (Å²) < 4.78 is 4.65. The molecule has 0 saturated heterocycles. The van der Waals surface area contributed by atoms with E-state index in [0.29, 0.717) is 5.57 Å². The van der Waals surface area contributed by atoms with Gasteiger partial charge < -0.3 is 19.1 Å². The molecule has 0 heterocycles. The Kier molecular flexibility index (Phi) is 4.85. The van der Waals surface area contributed by atoms with Gasteiger partial charge in [0.25, 0.3) is 0 Å². The van der Waals surface area contributed by atoms with Crippen LogP contribution in [0.2, 0.25) is 6.04 Å². The first-order valence-corrected chi connectivity index (χ1v) is 5.87. The van der Waals surface area contributed by atoms with Crippen molar-refractivity contribution in [2.45, 2.75) is 19.4 Å². The fourth-order valence-corrected chi connectivity index (χ4v) is 1.22. The number of esters is 1. The fraction of sp³-hybridized carbons (Fsp3) is 0.571. The molecule has 13 heavy (non-hydrogen) atoms. The molecule has 0 aromatic carbocycles. The molecule has 5 nitrogen and oxygen atoms in total. The van der Waals surface area contributed by atoms with Gasteiger partial charge in [0, 0.05) is 11.6 Å². The standard InChI is InChI=1S/C7H14O5Si/c1-6(2)7(8)12-4-3-5-13(9,10)11/h9-11H,1,3-5H2,2H3. The van der Waals surface area contributed by atoms with Crippen LogP contribution in [-0.4, -0.2) is 35.8 Å². The van der Waals surface area contributed by atoms with Gasteiger partial charge in [0.1, 0.15) is 0 Å². The summed E-state index contributed by atoms with van der Waals surface area (Å²) in [5, 5.41) is 0. The van der Waals surface area contributed by atoms with Gasteiger partial charge in [-0.15, -0.1) is 0 Å². The van der Waals surface area contributed by atoms with Gasteiger partial charge in [-0.25, -0.2) is 4.79 Å². The van der Waals surface area contributed by atoms with Crippen molar-refractivity contribution in [3.63, 3.8) is 0 Å². The summed E-state index contributed by atoms with van der Waals surface area (Å²) in [7, 11) is -3.97. The molecule has 0 aliphatic rings. The molecule has 0 aliphatic carbocycles. The molecule has 0 amide bonds. The van der Waals surface area contributed by atoms with Crippen LogP contribution in [0.15, 0.2) is 12.2 Å². The van der Waals surface area contributed by atoms with Crippen LogP contribution in [0.25, 0.3) is 0 Å². The molecule has 0 aliphatic heterocycles. The summed E-state index contributed by atoms with van der Waals surface area (Å²) in [6.07, 6.45) is 0.231. The van der Waals surface area contributed by atoms with E-state index in [4.69, 9.17) is 14.4 Å². The molecule has 3 N–H and O–H groups in total. The first-order valence-electron chi connectivity index (χ1n) is 3.82. The van der Waals surface area contributed by atoms with Crippen LogP contribution in [0.5, 0.6) is 0 Å². The summed E-state index contributed by atoms with van der Waals surface area (Å²) >= 11 is 0. The van der Waals surface area contributed by atoms with Crippen molar-refractivity contribution in [3.05, 3.63) is 12.2 Å². The molecule has 0 atom stereocenters. The van der Waals surface area contributed by atoms with Crippen LogP contribution in [0, 0.1) is 0 Å². The van der Waals surface area contributed by atoms with Crippen LogP contribution in [-0.2, 0) is 9.53 Å². The van der Waals surface area contributed by atoms with E-state index in [9.17, 15) is 4.79 Å². The Morgan fingerprint density at radius 1 is 1.46 bits per heavy atom. The second-order valence-electron chi connectivity index (χ2n) is 2.79. The van der Waals surface area contributed by atoms with E-state index >= 15 is 0 Å². The Bertz CT molecular complexity index is 196. The molecule has 0 radical (unpaired) electrons. The molecule has 0 spiro atoms. The minimum atomic E-state index is -3.97. The van der Waals surface area contributed by atoms with Crippen LogP contribution in [0.1, 0.15) is 13.3 Å². The van der Waals surface area contributed by atoms with Gasteiger partial charge in [0.2, 0.25) is 0 Å². The van der Waals surface area contributed by atoms with Gasteiger partial charge in [0.15, 0.2) is 0 Å². The van der Waals surface area contributed by atoms with Crippen LogP contribution < -0.4 is 0 Å². The largest absolute Gasteiger partial charge is 0.492 e. The maximum Gasteiger partial charge on any atom is 0.492 e. The zero-order valence-corrected chi connectivity index (χ0v) is 8.49.